The molecule has 1 aromatic rings. The number of likely N-dealkylation sites (tertiary alicyclic amines) is 2. The van der Waals surface area contributed by atoms with Crippen molar-refractivity contribution >= 4 is 11.3 Å². The van der Waals surface area contributed by atoms with Crippen LogP contribution >= 0.6 is 11.3 Å². The first kappa shape index (κ1) is 14.5. The largest absolute Gasteiger partial charge is 0.311 e. The Morgan fingerprint density at radius 2 is 2.30 bits per heavy atom. The van der Waals surface area contributed by atoms with Crippen molar-refractivity contribution in [2.75, 3.05) is 39.8 Å². The lowest BCUT2D eigenvalue weighted by molar-refractivity contribution is 0.0391. The van der Waals surface area contributed by atoms with E-state index in [2.05, 4.69) is 39.7 Å². The molecule has 0 aromatic carbocycles. The van der Waals surface area contributed by atoms with Gasteiger partial charge in [-0.3, -0.25) is 0 Å². The third-order valence-electron chi connectivity index (χ3n) is 4.91. The molecule has 2 aliphatic heterocycles. The quantitative estimate of drug-likeness (QED) is 0.840. The van der Waals surface area contributed by atoms with Crippen LogP contribution in [0, 0.1) is 5.92 Å². The van der Waals surface area contributed by atoms with Crippen LogP contribution in [0.15, 0.2) is 17.5 Å². The number of piperidine rings is 2. The first-order valence-corrected chi connectivity index (χ1v) is 8.86. The first-order chi connectivity index (χ1) is 9.83. The third-order valence-corrected chi connectivity index (χ3v) is 5.79. The van der Waals surface area contributed by atoms with Crippen LogP contribution in [-0.2, 0) is 6.54 Å². The average molecular weight is 293 g/mol. The van der Waals surface area contributed by atoms with Crippen molar-refractivity contribution in [3.63, 3.8) is 0 Å². The predicted octanol–water partition coefficient (Wildman–Crippen LogP) is 2.25. The van der Waals surface area contributed by atoms with Gasteiger partial charge in [-0.15, -0.1) is 11.3 Å². The summed E-state index contributed by atoms with van der Waals surface area (Å²) in [4.78, 5) is 6.71. The van der Waals surface area contributed by atoms with Crippen molar-refractivity contribution in [2.24, 2.45) is 5.92 Å². The van der Waals surface area contributed by atoms with E-state index in [1.807, 2.05) is 11.3 Å². The molecule has 0 aliphatic carbocycles. The van der Waals surface area contributed by atoms with Crippen molar-refractivity contribution in [3.8, 4) is 0 Å². The summed E-state index contributed by atoms with van der Waals surface area (Å²) in [6.07, 6.45) is 4.20. The van der Waals surface area contributed by atoms with E-state index in [1.165, 1.54) is 50.3 Å². The maximum atomic E-state index is 3.57. The molecule has 2 saturated heterocycles. The summed E-state index contributed by atoms with van der Waals surface area (Å²) >= 11 is 1.84. The number of fused-ring (bicyclic) bond motifs is 1. The SMILES string of the molecule is CN1CCCC2CN(CCNCc3cccs3)CCC21. The Kier molecular flexibility index (Phi) is 5.10. The van der Waals surface area contributed by atoms with Crippen molar-refractivity contribution in [3.05, 3.63) is 22.4 Å². The third kappa shape index (κ3) is 3.61. The van der Waals surface area contributed by atoms with E-state index in [-0.39, 0.29) is 0 Å². The van der Waals surface area contributed by atoms with Crippen LogP contribution < -0.4 is 5.32 Å². The molecule has 0 radical (unpaired) electrons. The molecule has 112 valence electrons. The molecular weight excluding hydrogens is 266 g/mol. The summed E-state index contributed by atoms with van der Waals surface area (Å²) in [5, 5.41) is 5.73. The maximum absolute atomic E-state index is 3.57. The molecule has 2 atom stereocenters. The van der Waals surface area contributed by atoms with Gasteiger partial charge in [0, 0.05) is 37.1 Å². The minimum Gasteiger partial charge on any atom is -0.311 e. The van der Waals surface area contributed by atoms with Gasteiger partial charge in [0.25, 0.3) is 0 Å². The molecule has 3 nitrogen and oxygen atoms in total. The summed E-state index contributed by atoms with van der Waals surface area (Å²) in [7, 11) is 2.31. The number of rotatable bonds is 5. The molecule has 2 unspecified atom stereocenters. The second-order valence-corrected chi connectivity index (χ2v) is 7.33. The Labute approximate surface area is 127 Å². The van der Waals surface area contributed by atoms with Crippen molar-refractivity contribution < 1.29 is 0 Å². The zero-order chi connectivity index (χ0) is 13.8. The molecule has 0 amide bonds. The molecule has 1 N–H and O–H groups in total. The van der Waals surface area contributed by atoms with Gasteiger partial charge in [-0.2, -0.15) is 0 Å². The standard InChI is InChI=1S/C16H27N3S/c1-18-8-2-4-14-13-19(9-6-16(14)18)10-7-17-12-15-5-3-11-20-15/h3,5,11,14,16-17H,2,4,6-10,12-13H2,1H3. The van der Waals surface area contributed by atoms with Crippen LogP contribution in [0.1, 0.15) is 24.1 Å². The summed E-state index contributed by atoms with van der Waals surface area (Å²) in [6.45, 7) is 7.26. The number of hydrogen-bond acceptors (Lipinski definition) is 4. The van der Waals surface area contributed by atoms with Crippen LogP contribution in [0.4, 0.5) is 0 Å². The van der Waals surface area contributed by atoms with E-state index < -0.39 is 0 Å². The van der Waals surface area contributed by atoms with Crippen LogP contribution in [0.25, 0.3) is 0 Å². The lowest BCUT2D eigenvalue weighted by Crippen LogP contribution is -2.53. The molecule has 1 aromatic heterocycles. The zero-order valence-electron chi connectivity index (χ0n) is 12.6. The number of nitrogens with zero attached hydrogens (tertiary/aromatic N) is 2. The molecule has 3 heterocycles. The fourth-order valence-corrected chi connectivity index (χ4v) is 4.47. The van der Waals surface area contributed by atoms with E-state index in [0.29, 0.717) is 0 Å². The lowest BCUT2D eigenvalue weighted by atomic mass is 9.84. The summed E-state index contributed by atoms with van der Waals surface area (Å²) in [6, 6.07) is 5.20. The Morgan fingerprint density at radius 3 is 3.15 bits per heavy atom. The highest BCUT2D eigenvalue weighted by Crippen LogP contribution is 2.29. The highest BCUT2D eigenvalue weighted by Gasteiger charge is 2.33. The van der Waals surface area contributed by atoms with Gasteiger partial charge < -0.3 is 15.1 Å². The maximum Gasteiger partial charge on any atom is 0.0300 e. The minimum absolute atomic E-state index is 0.860. The molecule has 20 heavy (non-hydrogen) atoms. The molecule has 0 saturated carbocycles. The van der Waals surface area contributed by atoms with Crippen molar-refractivity contribution in [1.29, 1.82) is 0 Å². The molecule has 3 rings (SSSR count). The highest BCUT2D eigenvalue weighted by molar-refractivity contribution is 7.09. The molecule has 2 fully saturated rings. The number of thiophene rings is 1. The zero-order valence-corrected chi connectivity index (χ0v) is 13.4. The van der Waals surface area contributed by atoms with E-state index >= 15 is 0 Å². The molecule has 0 spiro atoms. The second kappa shape index (κ2) is 7.03. The van der Waals surface area contributed by atoms with Gasteiger partial charge in [-0.1, -0.05) is 6.07 Å². The van der Waals surface area contributed by atoms with Gasteiger partial charge in [0.2, 0.25) is 0 Å². The molecule has 0 bridgehead atoms. The smallest absolute Gasteiger partial charge is 0.0300 e. The minimum atomic E-state index is 0.860. The lowest BCUT2D eigenvalue weighted by Gasteiger charge is -2.46. The normalized spacial score (nSPS) is 28.4. The average Bonchev–Trinajstić information content (AvgIpc) is 2.97. The fraction of sp³-hybridized carbons (Fsp3) is 0.750. The van der Waals surface area contributed by atoms with Gasteiger partial charge in [-0.05, 0) is 56.8 Å². The van der Waals surface area contributed by atoms with Gasteiger partial charge in [0.05, 0.1) is 0 Å². The van der Waals surface area contributed by atoms with E-state index in [0.717, 1.165) is 25.0 Å². The van der Waals surface area contributed by atoms with Crippen LogP contribution in [0.5, 0.6) is 0 Å². The number of nitrogens with one attached hydrogen (secondary N) is 1. The molecule has 4 heteroatoms. The summed E-state index contributed by atoms with van der Waals surface area (Å²) in [5.74, 6) is 0.916. The molecular formula is C16H27N3S. The van der Waals surface area contributed by atoms with Gasteiger partial charge >= 0.3 is 0 Å². The predicted molar refractivity (Wildman–Crippen MR) is 86.2 cm³/mol. The molecule has 2 aliphatic rings. The Morgan fingerprint density at radius 1 is 1.35 bits per heavy atom. The van der Waals surface area contributed by atoms with Gasteiger partial charge in [0.15, 0.2) is 0 Å². The van der Waals surface area contributed by atoms with Crippen molar-refractivity contribution in [1.82, 2.24) is 15.1 Å². The fourth-order valence-electron chi connectivity index (χ4n) is 3.79. The Balaban J connectivity index is 1.37. The number of hydrogen-bond donors (Lipinski definition) is 1. The highest BCUT2D eigenvalue weighted by atomic mass is 32.1. The monoisotopic (exact) mass is 293 g/mol. The first-order valence-electron chi connectivity index (χ1n) is 7.98. The summed E-state index contributed by atoms with van der Waals surface area (Å²) < 4.78 is 0. The Hall–Kier alpha value is -0.420. The second-order valence-electron chi connectivity index (χ2n) is 6.30. The summed E-state index contributed by atoms with van der Waals surface area (Å²) in [5.41, 5.74) is 0. The van der Waals surface area contributed by atoms with Crippen LogP contribution in [0.3, 0.4) is 0 Å². The van der Waals surface area contributed by atoms with Crippen LogP contribution in [0.2, 0.25) is 0 Å². The Bertz CT molecular complexity index is 392. The van der Waals surface area contributed by atoms with Gasteiger partial charge in [0.1, 0.15) is 0 Å². The van der Waals surface area contributed by atoms with Crippen molar-refractivity contribution in [2.45, 2.75) is 31.8 Å². The van der Waals surface area contributed by atoms with Crippen LogP contribution in [-0.4, -0.2) is 55.6 Å². The van der Waals surface area contributed by atoms with E-state index in [9.17, 15) is 0 Å². The topological polar surface area (TPSA) is 18.5 Å². The van der Waals surface area contributed by atoms with E-state index in [1.54, 1.807) is 0 Å². The van der Waals surface area contributed by atoms with Gasteiger partial charge in [-0.25, -0.2) is 0 Å². The van der Waals surface area contributed by atoms with E-state index in [4.69, 9.17) is 0 Å².